The third-order valence-electron chi connectivity index (χ3n) is 1.63. The largest absolute Gasteiger partial charge is 0.471 e. The number of hydrogen-bond donors (Lipinski definition) is 1. The summed E-state index contributed by atoms with van der Waals surface area (Å²) in [4.78, 5) is 10.3. The Kier molecular flexibility index (Phi) is 2.78. The highest BCUT2D eigenvalue weighted by Crippen LogP contribution is 2.25. The van der Waals surface area contributed by atoms with Gasteiger partial charge in [-0.3, -0.25) is 4.79 Å². The predicted molar refractivity (Wildman–Crippen MR) is 51.5 cm³/mol. The average molecular weight is 224 g/mol. The van der Waals surface area contributed by atoms with Gasteiger partial charge in [0.1, 0.15) is 11.5 Å². The second kappa shape index (κ2) is 3.39. The van der Waals surface area contributed by atoms with E-state index in [1.807, 2.05) is 13.8 Å². The van der Waals surface area contributed by atoms with Crippen molar-refractivity contribution < 1.29 is 9.53 Å². The van der Waals surface area contributed by atoms with E-state index in [1.54, 1.807) is 6.92 Å². The normalized spacial score (nSPS) is 20.2. The van der Waals surface area contributed by atoms with E-state index in [0.29, 0.717) is 11.5 Å². The number of Topliss-reactive ketones (excluding diaryl/α,β-unsaturated/α-hetero) is 1. The average Bonchev–Trinajstić information content (AvgIpc) is 2.22. The Morgan fingerprint density at radius 3 is 2.38 bits per heavy atom. The summed E-state index contributed by atoms with van der Waals surface area (Å²) in [5, 5.41) is 2.90. The molecular formula is C8H11Cl2NO2. The molecule has 0 unspecified atom stereocenters. The zero-order valence-corrected chi connectivity index (χ0v) is 9.16. The molecule has 0 saturated carbocycles. The topological polar surface area (TPSA) is 38.3 Å². The van der Waals surface area contributed by atoms with Gasteiger partial charge in [-0.25, -0.2) is 0 Å². The summed E-state index contributed by atoms with van der Waals surface area (Å²) in [6.07, 6.45) is 0. The lowest BCUT2D eigenvalue weighted by molar-refractivity contribution is -0.114. The number of ketones is 1. The van der Waals surface area contributed by atoms with Crippen LogP contribution in [0.4, 0.5) is 0 Å². The fraction of sp³-hybridized carbons (Fsp3) is 0.625. The van der Waals surface area contributed by atoms with Gasteiger partial charge in [-0.1, -0.05) is 23.2 Å². The van der Waals surface area contributed by atoms with Crippen molar-refractivity contribution >= 4 is 29.0 Å². The van der Waals surface area contributed by atoms with Crippen molar-refractivity contribution in [3.8, 4) is 0 Å². The first-order valence-corrected chi connectivity index (χ1v) is 4.71. The van der Waals surface area contributed by atoms with Crippen molar-refractivity contribution in [2.24, 2.45) is 0 Å². The van der Waals surface area contributed by atoms with Crippen molar-refractivity contribution in [1.82, 2.24) is 5.32 Å². The number of halogens is 2. The molecule has 0 atom stereocenters. The maximum Gasteiger partial charge on any atom is 0.214 e. The Morgan fingerprint density at radius 2 is 2.08 bits per heavy atom. The van der Waals surface area contributed by atoms with Crippen LogP contribution < -0.4 is 5.32 Å². The quantitative estimate of drug-likeness (QED) is 0.728. The maximum absolute atomic E-state index is 11.4. The second-order valence-electron chi connectivity index (χ2n) is 3.33. The Hall–Kier alpha value is -0.410. The smallest absolute Gasteiger partial charge is 0.214 e. The molecular weight excluding hydrogens is 213 g/mol. The second-order valence-corrected chi connectivity index (χ2v) is 4.43. The Morgan fingerprint density at radius 1 is 1.54 bits per heavy atom. The van der Waals surface area contributed by atoms with E-state index in [1.165, 1.54) is 0 Å². The lowest BCUT2D eigenvalue weighted by atomic mass is 10.2. The van der Waals surface area contributed by atoms with Crippen molar-refractivity contribution in [1.29, 1.82) is 0 Å². The number of allylic oxidation sites excluding steroid dienone is 2. The van der Waals surface area contributed by atoms with Crippen molar-refractivity contribution in [3.63, 3.8) is 0 Å². The molecule has 1 rings (SSSR count). The van der Waals surface area contributed by atoms with Crippen molar-refractivity contribution in [3.05, 3.63) is 11.5 Å². The number of rotatable bonds is 2. The molecule has 0 aliphatic carbocycles. The molecule has 0 fully saturated rings. The first-order valence-electron chi connectivity index (χ1n) is 3.84. The SMILES string of the molecule is CC1=C(C(=O)C(Cl)Cl)NC(C)(C)O1. The Balaban J connectivity index is 2.83. The molecule has 74 valence electrons. The van der Waals surface area contributed by atoms with Crippen LogP contribution in [0.25, 0.3) is 0 Å². The first kappa shape index (κ1) is 10.7. The number of alkyl halides is 2. The predicted octanol–water partition coefficient (Wildman–Crippen LogP) is 1.95. The molecule has 3 nitrogen and oxygen atoms in total. The minimum absolute atomic E-state index is 0.355. The highest BCUT2D eigenvalue weighted by molar-refractivity contribution is 6.55. The summed E-state index contributed by atoms with van der Waals surface area (Å²) in [5.41, 5.74) is -0.197. The van der Waals surface area contributed by atoms with Crippen LogP contribution in [0.5, 0.6) is 0 Å². The lowest BCUT2D eigenvalue weighted by Crippen LogP contribution is -2.37. The van der Waals surface area contributed by atoms with E-state index in [0.717, 1.165) is 0 Å². The highest BCUT2D eigenvalue weighted by atomic mass is 35.5. The maximum atomic E-state index is 11.4. The molecule has 0 spiro atoms. The van der Waals surface area contributed by atoms with Gasteiger partial charge in [-0.15, -0.1) is 0 Å². The molecule has 0 bridgehead atoms. The van der Waals surface area contributed by atoms with Crippen LogP contribution in [0.15, 0.2) is 11.5 Å². The summed E-state index contributed by atoms with van der Waals surface area (Å²) in [7, 11) is 0. The fourth-order valence-electron chi connectivity index (χ4n) is 1.19. The molecule has 1 heterocycles. The summed E-state index contributed by atoms with van der Waals surface area (Å²) >= 11 is 10.9. The molecule has 0 aromatic heterocycles. The fourth-order valence-corrected chi connectivity index (χ4v) is 1.41. The van der Waals surface area contributed by atoms with Crippen molar-refractivity contribution in [2.45, 2.75) is 31.3 Å². The number of carbonyl (C=O) groups excluding carboxylic acids is 1. The third-order valence-corrected chi connectivity index (χ3v) is 2.03. The van der Waals surface area contributed by atoms with Gasteiger partial charge in [0.15, 0.2) is 10.6 Å². The Bertz CT molecular complexity index is 271. The third kappa shape index (κ3) is 2.29. The zero-order chi connectivity index (χ0) is 10.2. The monoisotopic (exact) mass is 223 g/mol. The number of hydrogen-bond acceptors (Lipinski definition) is 3. The molecule has 0 aromatic carbocycles. The van der Waals surface area contributed by atoms with E-state index >= 15 is 0 Å². The number of ether oxygens (including phenoxy) is 1. The minimum Gasteiger partial charge on any atom is -0.471 e. The van der Waals surface area contributed by atoms with Gasteiger partial charge in [0.05, 0.1) is 0 Å². The standard InChI is InChI=1S/C8H11Cl2NO2/c1-4-5(6(12)7(9)10)11-8(2,3)13-4/h7,11H,1-3H3. The van der Waals surface area contributed by atoms with E-state index in [4.69, 9.17) is 27.9 Å². The summed E-state index contributed by atoms with van der Waals surface area (Å²) in [6, 6.07) is 0. The molecule has 1 aliphatic heterocycles. The molecule has 0 aromatic rings. The van der Waals surface area contributed by atoms with Gasteiger partial charge in [0, 0.05) is 0 Å². The highest BCUT2D eigenvalue weighted by Gasteiger charge is 2.34. The summed E-state index contributed by atoms with van der Waals surface area (Å²) in [6.45, 7) is 5.33. The number of carbonyl (C=O) groups is 1. The van der Waals surface area contributed by atoms with Crippen LogP contribution in [-0.2, 0) is 9.53 Å². The number of nitrogens with one attached hydrogen (secondary N) is 1. The van der Waals surface area contributed by atoms with E-state index < -0.39 is 10.6 Å². The van der Waals surface area contributed by atoms with Crippen LogP contribution in [-0.4, -0.2) is 16.3 Å². The van der Waals surface area contributed by atoms with Crippen LogP contribution >= 0.6 is 23.2 Å². The van der Waals surface area contributed by atoms with Crippen LogP contribution in [0.3, 0.4) is 0 Å². The zero-order valence-electron chi connectivity index (χ0n) is 7.65. The van der Waals surface area contributed by atoms with Gasteiger partial charge >= 0.3 is 0 Å². The summed E-state index contributed by atoms with van der Waals surface area (Å²) < 4.78 is 5.36. The molecule has 5 heteroatoms. The van der Waals surface area contributed by atoms with Gasteiger partial charge in [-0.2, -0.15) is 0 Å². The summed E-state index contributed by atoms with van der Waals surface area (Å²) in [5.74, 6) is 0.174. The van der Waals surface area contributed by atoms with E-state index in [2.05, 4.69) is 5.32 Å². The van der Waals surface area contributed by atoms with Gasteiger partial charge < -0.3 is 10.1 Å². The van der Waals surface area contributed by atoms with Crippen LogP contribution in [0.2, 0.25) is 0 Å². The molecule has 1 aliphatic rings. The molecule has 13 heavy (non-hydrogen) atoms. The van der Waals surface area contributed by atoms with Gasteiger partial charge in [0.2, 0.25) is 5.78 Å². The van der Waals surface area contributed by atoms with E-state index in [9.17, 15) is 4.79 Å². The first-order chi connectivity index (χ1) is 5.83. The van der Waals surface area contributed by atoms with Crippen molar-refractivity contribution in [2.75, 3.05) is 0 Å². The molecule has 0 radical (unpaired) electrons. The minimum atomic E-state index is -1.05. The molecule has 0 saturated heterocycles. The Labute approximate surface area is 87.0 Å². The van der Waals surface area contributed by atoms with Crippen LogP contribution in [0.1, 0.15) is 20.8 Å². The van der Waals surface area contributed by atoms with Gasteiger partial charge in [0.25, 0.3) is 0 Å². The molecule has 1 N–H and O–H groups in total. The molecule has 0 amide bonds. The lowest BCUT2D eigenvalue weighted by Gasteiger charge is -2.19. The van der Waals surface area contributed by atoms with E-state index in [-0.39, 0.29) is 5.78 Å². The van der Waals surface area contributed by atoms with Gasteiger partial charge in [-0.05, 0) is 20.8 Å². The van der Waals surface area contributed by atoms with Crippen LogP contribution in [0, 0.1) is 0 Å².